The Kier molecular flexibility index (Phi) is 4.43. The number of amides is 2. The number of halogens is 1. The number of hydrogen-bond acceptors (Lipinski definition) is 2. The first-order valence-corrected chi connectivity index (χ1v) is 6.84. The molecule has 0 saturated carbocycles. The second kappa shape index (κ2) is 6.06. The number of nitrogens with one attached hydrogen (secondary N) is 1. The highest BCUT2D eigenvalue weighted by Crippen LogP contribution is 2.29. The number of rotatable bonds is 3. The minimum atomic E-state index is -0.125. The van der Waals surface area contributed by atoms with Crippen molar-refractivity contribution >= 4 is 23.4 Å². The van der Waals surface area contributed by atoms with Gasteiger partial charge >= 0.3 is 0 Å². The summed E-state index contributed by atoms with van der Waals surface area (Å²) in [5, 5.41) is 2.79. The van der Waals surface area contributed by atoms with E-state index in [9.17, 15) is 9.59 Å². The fourth-order valence-corrected chi connectivity index (χ4v) is 2.64. The SMILES string of the molecule is CC(=O)NC[C@@H]1c2ccccc2CCN1C(=O)CCl. The highest BCUT2D eigenvalue weighted by Gasteiger charge is 2.29. The molecule has 0 unspecified atom stereocenters. The number of carbonyl (C=O) groups excluding carboxylic acids is 2. The predicted molar refractivity (Wildman–Crippen MR) is 74.0 cm³/mol. The predicted octanol–water partition coefficient (Wildman–Crippen LogP) is 1.49. The van der Waals surface area contributed by atoms with Crippen molar-refractivity contribution in [1.29, 1.82) is 0 Å². The van der Waals surface area contributed by atoms with E-state index in [1.165, 1.54) is 12.5 Å². The molecule has 0 aliphatic carbocycles. The third-order valence-electron chi connectivity index (χ3n) is 3.39. The van der Waals surface area contributed by atoms with Gasteiger partial charge in [-0.25, -0.2) is 0 Å². The van der Waals surface area contributed by atoms with Gasteiger partial charge in [0.15, 0.2) is 0 Å². The van der Waals surface area contributed by atoms with Crippen LogP contribution in [0.1, 0.15) is 24.1 Å². The standard InChI is InChI=1S/C14H17ClN2O2/c1-10(18)16-9-13-12-5-3-2-4-11(12)6-7-17(13)14(19)8-15/h2-5,13H,6-9H2,1H3,(H,16,18)/t13-/m1/s1. The summed E-state index contributed by atoms with van der Waals surface area (Å²) in [6.07, 6.45) is 0.829. The van der Waals surface area contributed by atoms with Crippen molar-refractivity contribution in [3.8, 4) is 0 Å². The van der Waals surface area contributed by atoms with Crippen molar-refractivity contribution < 1.29 is 9.59 Å². The molecule has 0 spiro atoms. The van der Waals surface area contributed by atoms with E-state index in [0.717, 1.165) is 12.0 Å². The van der Waals surface area contributed by atoms with Gasteiger partial charge in [0, 0.05) is 20.0 Å². The molecule has 4 nitrogen and oxygen atoms in total. The van der Waals surface area contributed by atoms with E-state index in [4.69, 9.17) is 11.6 Å². The van der Waals surface area contributed by atoms with Crippen LogP contribution in [0.5, 0.6) is 0 Å². The molecule has 102 valence electrons. The van der Waals surface area contributed by atoms with E-state index in [0.29, 0.717) is 13.1 Å². The molecule has 0 radical (unpaired) electrons. The Hall–Kier alpha value is -1.55. The maximum atomic E-state index is 11.9. The van der Waals surface area contributed by atoms with Gasteiger partial charge in [-0.05, 0) is 17.5 Å². The molecule has 5 heteroatoms. The Bertz CT molecular complexity index is 490. The van der Waals surface area contributed by atoms with Gasteiger partial charge in [0.25, 0.3) is 0 Å². The summed E-state index contributed by atoms with van der Waals surface area (Å²) in [5.41, 5.74) is 2.33. The molecule has 0 aromatic heterocycles. The third-order valence-corrected chi connectivity index (χ3v) is 3.62. The molecule has 0 fully saturated rings. The molecule has 1 aromatic carbocycles. The topological polar surface area (TPSA) is 49.4 Å². The fraction of sp³-hybridized carbons (Fsp3) is 0.429. The Morgan fingerprint density at radius 3 is 2.84 bits per heavy atom. The van der Waals surface area contributed by atoms with E-state index in [2.05, 4.69) is 11.4 Å². The molecular weight excluding hydrogens is 264 g/mol. The van der Waals surface area contributed by atoms with Crippen molar-refractivity contribution in [2.75, 3.05) is 19.0 Å². The van der Waals surface area contributed by atoms with Crippen molar-refractivity contribution in [1.82, 2.24) is 10.2 Å². The highest BCUT2D eigenvalue weighted by molar-refractivity contribution is 6.27. The molecule has 1 N–H and O–H groups in total. The van der Waals surface area contributed by atoms with E-state index in [1.54, 1.807) is 4.90 Å². The zero-order chi connectivity index (χ0) is 13.8. The molecular formula is C14H17ClN2O2. The molecule has 0 saturated heterocycles. The molecule has 1 heterocycles. The molecule has 1 aliphatic heterocycles. The van der Waals surface area contributed by atoms with E-state index < -0.39 is 0 Å². The Morgan fingerprint density at radius 1 is 1.42 bits per heavy atom. The quantitative estimate of drug-likeness (QED) is 0.853. The number of nitrogens with zero attached hydrogens (tertiary/aromatic N) is 1. The van der Waals surface area contributed by atoms with Crippen LogP contribution in [0.3, 0.4) is 0 Å². The van der Waals surface area contributed by atoms with Crippen LogP contribution in [-0.4, -0.2) is 35.7 Å². The lowest BCUT2D eigenvalue weighted by molar-refractivity contribution is -0.132. The number of alkyl halides is 1. The van der Waals surface area contributed by atoms with Crippen LogP contribution in [0.2, 0.25) is 0 Å². The van der Waals surface area contributed by atoms with Crippen LogP contribution < -0.4 is 5.32 Å². The molecule has 2 amide bonds. The molecule has 1 atom stereocenters. The molecule has 1 aliphatic rings. The Morgan fingerprint density at radius 2 is 2.16 bits per heavy atom. The first-order chi connectivity index (χ1) is 9.13. The summed E-state index contributed by atoms with van der Waals surface area (Å²) >= 11 is 5.66. The van der Waals surface area contributed by atoms with Crippen LogP contribution in [0.25, 0.3) is 0 Å². The zero-order valence-corrected chi connectivity index (χ0v) is 11.6. The zero-order valence-electron chi connectivity index (χ0n) is 10.9. The second-order valence-corrected chi connectivity index (χ2v) is 4.89. The first-order valence-electron chi connectivity index (χ1n) is 6.31. The fourth-order valence-electron chi connectivity index (χ4n) is 2.49. The minimum absolute atomic E-state index is 0.0290. The summed E-state index contributed by atoms with van der Waals surface area (Å²) in [6, 6.07) is 7.90. The lowest BCUT2D eigenvalue weighted by Crippen LogP contribution is -2.45. The van der Waals surface area contributed by atoms with Crippen molar-refractivity contribution in [3.63, 3.8) is 0 Å². The lowest BCUT2D eigenvalue weighted by Gasteiger charge is -2.37. The summed E-state index contributed by atoms with van der Waals surface area (Å²) in [6.45, 7) is 2.55. The average molecular weight is 281 g/mol. The molecule has 2 rings (SSSR count). The summed E-state index contributed by atoms with van der Waals surface area (Å²) in [5.74, 6) is -0.216. The highest BCUT2D eigenvalue weighted by atomic mass is 35.5. The largest absolute Gasteiger partial charge is 0.354 e. The number of hydrogen-bond donors (Lipinski definition) is 1. The molecule has 0 bridgehead atoms. The van der Waals surface area contributed by atoms with Gasteiger partial charge in [-0.1, -0.05) is 24.3 Å². The van der Waals surface area contributed by atoms with Crippen LogP contribution in [0.4, 0.5) is 0 Å². The lowest BCUT2D eigenvalue weighted by atomic mass is 9.92. The van der Waals surface area contributed by atoms with Crippen LogP contribution >= 0.6 is 11.6 Å². The van der Waals surface area contributed by atoms with Crippen molar-refractivity contribution in [2.24, 2.45) is 0 Å². The summed E-state index contributed by atoms with van der Waals surface area (Å²) in [4.78, 5) is 24.8. The van der Waals surface area contributed by atoms with Gasteiger partial charge in [-0.15, -0.1) is 11.6 Å². The smallest absolute Gasteiger partial charge is 0.238 e. The maximum Gasteiger partial charge on any atom is 0.238 e. The van der Waals surface area contributed by atoms with E-state index in [1.807, 2.05) is 18.2 Å². The normalized spacial score (nSPS) is 17.8. The summed E-state index contributed by atoms with van der Waals surface area (Å²) in [7, 11) is 0. The Labute approximate surface area is 117 Å². The average Bonchev–Trinajstić information content (AvgIpc) is 2.43. The van der Waals surface area contributed by atoms with Gasteiger partial charge in [-0.2, -0.15) is 0 Å². The van der Waals surface area contributed by atoms with Crippen LogP contribution in [0, 0.1) is 0 Å². The van der Waals surface area contributed by atoms with Gasteiger partial charge in [-0.3, -0.25) is 9.59 Å². The van der Waals surface area contributed by atoms with Crippen molar-refractivity contribution in [2.45, 2.75) is 19.4 Å². The van der Waals surface area contributed by atoms with Crippen molar-refractivity contribution in [3.05, 3.63) is 35.4 Å². The van der Waals surface area contributed by atoms with E-state index in [-0.39, 0.29) is 23.7 Å². The summed E-state index contributed by atoms with van der Waals surface area (Å²) < 4.78 is 0. The van der Waals surface area contributed by atoms with Gasteiger partial charge in [0.05, 0.1) is 6.04 Å². The first kappa shape index (κ1) is 13.9. The monoisotopic (exact) mass is 280 g/mol. The Balaban J connectivity index is 2.28. The van der Waals surface area contributed by atoms with Gasteiger partial charge in [0.2, 0.25) is 11.8 Å². The van der Waals surface area contributed by atoms with Gasteiger partial charge < -0.3 is 10.2 Å². The molecule has 1 aromatic rings. The maximum absolute atomic E-state index is 11.9. The van der Waals surface area contributed by atoms with Gasteiger partial charge in [0.1, 0.15) is 5.88 Å². The number of benzene rings is 1. The third kappa shape index (κ3) is 3.07. The molecule has 19 heavy (non-hydrogen) atoms. The van der Waals surface area contributed by atoms with E-state index >= 15 is 0 Å². The van der Waals surface area contributed by atoms with Crippen LogP contribution in [0.15, 0.2) is 24.3 Å². The second-order valence-electron chi connectivity index (χ2n) is 4.62. The number of fused-ring (bicyclic) bond motifs is 1. The number of carbonyl (C=O) groups is 2. The minimum Gasteiger partial charge on any atom is -0.354 e. The van der Waals surface area contributed by atoms with Crippen LogP contribution in [-0.2, 0) is 16.0 Å².